The number of aromatic nitrogens is 3. The highest BCUT2D eigenvalue weighted by molar-refractivity contribution is 5.90. The highest BCUT2D eigenvalue weighted by Crippen LogP contribution is 2.12. The maximum atomic E-state index is 12.2. The maximum Gasteiger partial charge on any atom is 0.293 e. The third-order valence-electron chi connectivity index (χ3n) is 3.49. The molecule has 1 saturated heterocycles. The van der Waals surface area contributed by atoms with Crippen molar-refractivity contribution in [3.8, 4) is 0 Å². The molecule has 0 saturated carbocycles. The summed E-state index contributed by atoms with van der Waals surface area (Å²) in [5.74, 6) is 1.52. The normalized spacial score (nSPS) is 19.4. The van der Waals surface area contributed by atoms with E-state index < -0.39 is 0 Å². The average molecular weight is 265 g/mol. The molecule has 19 heavy (non-hydrogen) atoms. The lowest BCUT2D eigenvalue weighted by atomic mass is 9.99. The molecule has 1 amide bonds. The summed E-state index contributed by atoms with van der Waals surface area (Å²) < 4.78 is 0. The first kappa shape index (κ1) is 14.0. The van der Waals surface area contributed by atoms with Crippen molar-refractivity contribution in [1.82, 2.24) is 25.4 Å². The van der Waals surface area contributed by atoms with E-state index in [0.717, 1.165) is 38.3 Å². The molecule has 0 aliphatic carbocycles. The Morgan fingerprint density at radius 1 is 1.53 bits per heavy atom. The van der Waals surface area contributed by atoms with E-state index in [1.807, 2.05) is 7.05 Å². The van der Waals surface area contributed by atoms with E-state index in [2.05, 4.69) is 27.4 Å². The molecule has 1 aromatic heterocycles. The van der Waals surface area contributed by atoms with Crippen molar-refractivity contribution in [3.63, 3.8) is 0 Å². The van der Waals surface area contributed by atoms with Gasteiger partial charge >= 0.3 is 0 Å². The van der Waals surface area contributed by atoms with E-state index in [9.17, 15) is 4.79 Å². The molecule has 2 N–H and O–H groups in total. The minimum Gasteiger partial charge on any atom is -0.339 e. The SMILES string of the molecule is CCCc1nc(C(=O)N(C)CC2CCCNC2)n[nH]1. The van der Waals surface area contributed by atoms with E-state index in [1.165, 1.54) is 12.8 Å². The third-order valence-corrected chi connectivity index (χ3v) is 3.49. The largest absolute Gasteiger partial charge is 0.339 e. The number of aryl methyl sites for hydroxylation is 1. The van der Waals surface area contributed by atoms with Gasteiger partial charge in [0.2, 0.25) is 5.82 Å². The molecule has 106 valence electrons. The maximum absolute atomic E-state index is 12.2. The molecule has 0 aromatic carbocycles. The Morgan fingerprint density at radius 3 is 3.05 bits per heavy atom. The minimum atomic E-state index is -0.0934. The first-order valence-electron chi connectivity index (χ1n) is 7.08. The van der Waals surface area contributed by atoms with Crippen molar-refractivity contribution < 1.29 is 4.79 Å². The summed E-state index contributed by atoms with van der Waals surface area (Å²) in [7, 11) is 1.83. The fourth-order valence-corrected chi connectivity index (χ4v) is 2.46. The van der Waals surface area contributed by atoms with Crippen molar-refractivity contribution in [2.75, 3.05) is 26.7 Å². The summed E-state index contributed by atoms with van der Waals surface area (Å²) in [5, 5.41) is 10.2. The van der Waals surface area contributed by atoms with Crippen molar-refractivity contribution in [1.29, 1.82) is 0 Å². The van der Waals surface area contributed by atoms with Gasteiger partial charge in [0.05, 0.1) is 0 Å². The Labute approximate surface area is 114 Å². The van der Waals surface area contributed by atoms with Gasteiger partial charge in [-0.25, -0.2) is 4.98 Å². The van der Waals surface area contributed by atoms with Gasteiger partial charge in [-0.1, -0.05) is 6.92 Å². The van der Waals surface area contributed by atoms with Crippen molar-refractivity contribution in [3.05, 3.63) is 11.6 Å². The van der Waals surface area contributed by atoms with Crippen LogP contribution in [0.5, 0.6) is 0 Å². The number of amides is 1. The number of aromatic amines is 1. The Balaban J connectivity index is 1.89. The first-order chi connectivity index (χ1) is 9.20. The molecule has 1 fully saturated rings. The van der Waals surface area contributed by atoms with Crippen molar-refractivity contribution in [2.45, 2.75) is 32.6 Å². The fraction of sp³-hybridized carbons (Fsp3) is 0.769. The second kappa shape index (κ2) is 6.65. The lowest BCUT2D eigenvalue weighted by molar-refractivity contribution is 0.0753. The fourth-order valence-electron chi connectivity index (χ4n) is 2.46. The van der Waals surface area contributed by atoms with Crippen LogP contribution in [0.3, 0.4) is 0 Å². The lowest BCUT2D eigenvalue weighted by Gasteiger charge is -2.27. The third kappa shape index (κ3) is 3.76. The van der Waals surface area contributed by atoms with Crippen LogP contribution < -0.4 is 5.32 Å². The molecule has 0 spiro atoms. The molecule has 6 heteroatoms. The van der Waals surface area contributed by atoms with Crippen molar-refractivity contribution >= 4 is 5.91 Å². The molecule has 6 nitrogen and oxygen atoms in total. The van der Waals surface area contributed by atoms with Crippen LogP contribution >= 0.6 is 0 Å². The summed E-state index contributed by atoms with van der Waals surface area (Å²) in [6.07, 6.45) is 4.19. The van der Waals surface area contributed by atoms with Crippen LogP contribution in [0.15, 0.2) is 0 Å². The highest BCUT2D eigenvalue weighted by Gasteiger charge is 2.21. The number of carbonyl (C=O) groups excluding carboxylic acids is 1. The Morgan fingerprint density at radius 2 is 2.37 bits per heavy atom. The van der Waals surface area contributed by atoms with Gasteiger partial charge in [0, 0.05) is 20.0 Å². The molecule has 2 rings (SSSR count). The summed E-state index contributed by atoms with van der Waals surface area (Å²) in [4.78, 5) is 18.2. The zero-order valence-electron chi connectivity index (χ0n) is 11.8. The number of nitrogens with one attached hydrogen (secondary N) is 2. The van der Waals surface area contributed by atoms with Gasteiger partial charge in [-0.05, 0) is 38.3 Å². The van der Waals surface area contributed by atoms with Gasteiger partial charge in [0.25, 0.3) is 5.91 Å². The molecule has 0 bridgehead atoms. The van der Waals surface area contributed by atoms with Gasteiger partial charge in [-0.3, -0.25) is 9.89 Å². The van der Waals surface area contributed by atoms with Crippen LogP contribution in [-0.4, -0.2) is 52.7 Å². The zero-order chi connectivity index (χ0) is 13.7. The van der Waals surface area contributed by atoms with Crippen LogP contribution in [-0.2, 0) is 6.42 Å². The second-order valence-electron chi connectivity index (χ2n) is 5.25. The lowest BCUT2D eigenvalue weighted by Crippen LogP contribution is -2.39. The second-order valence-corrected chi connectivity index (χ2v) is 5.25. The molecular weight excluding hydrogens is 242 g/mol. The van der Waals surface area contributed by atoms with Gasteiger partial charge in [-0.2, -0.15) is 0 Å². The molecule has 0 radical (unpaired) electrons. The smallest absolute Gasteiger partial charge is 0.293 e. The molecule has 1 atom stereocenters. The van der Waals surface area contributed by atoms with Gasteiger partial charge in [-0.15, -0.1) is 5.10 Å². The highest BCUT2D eigenvalue weighted by atomic mass is 16.2. The van der Waals surface area contributed by atoms with Crippen LogP contribution in [0.25, 0.3) is 0 Å². The summed E-state index contributed by atoms with van der Waals surface area (Å²) in [6.45, 7) is 4.93. The van der Waals surface area contributed by atoms with Crippen molar-refractivity contribution in [2.24, 2.45) is 5.92 Å². The van der Waals surface area contributed by atoms with Gasteiger partial charge < -0.3 is 10.2 Å². The molecule has 2 heterocycles. The van der Waals surface area contributed by atoms with E-state index in [-0.39, 0.29) is 11.7 Å². The number of hydrogen-bond donors (Lipinski definition) is 2. The predicted octanol–water partition coefficient (Wildman–Crippen LogP) is 0.829. The minimum absolute atomic E-state index is 0.0934. The van der Waals surface area contributed by atoms with Crippen LogP contribution in [0.1, 0.15) is 42.6 Å². The quantitative estimate of drug-likeness (QED) is 0.827. The van der Waals surface area contributed by atoms with Crippen LogP contribution in [0.4, 0.5) is 0 Å². The van der Waals surface area contributed by atoms with E-state index in [0.29, 0.717) is 5.92 Å². The Kier molecular flexibility index (Phi) is 4.90. The average Bonchev–Trinajstić information content (AvgIpc) is 2.88. The molecule has 1 aromatic rings. The molecule has 1 aliphatic heterocycles. The number of hydrogen-bond acceptors (Lipinski definition) is 4. The van der Waals surface area contributed by atoms with Crippen LogP contribution in [0, 0.1) is 5.92 Å². The van der Waals surface area contributed by atoms with E-state index in [4.69, 9.17) is 0 Å². The number of carbonyl (C=O) groups is 1. The van der Waals surface area contributed by atoms with E-state index in [1.54, 1.807) is 4.90 Å². The summed E-state index contributed by atoms with van der Waals surface area (Å²) in [6, 6.07) is 0. The van der Waals surface area contributed by atoms with Crippen LogP contribution in [0.2, 0.25) is 0 Å². The van der Waals surface area contributed by atoms with E-state index >= 15 is 0 Å². The summed E-state index contributed by atoms with van der Waals surface area (Å²) >= 11 is 0. The zero-order valence-corrected chi connectivity index (χ0v) is 11.8. The standard InChI is InChI=1S/C13H23N5O/c1-3-5-11-15-12(17-16-11)13(19)18(2)9-10-6-4-7-14-8-10/h10,14H,3-9H2,1-2H3,(H,15,16,17). The monoisotopic (exact) mass is 265 g/mol. The number of nitrogens with zero attached hydrogens (tertiary/aromatic N) is 3. The number of piperidine rings is 1. The summed E-state index contributed by atoms with van der Waals surface area (Å²) in [5.41, 5.74) is 0. The molecule has 1 aliphatic rings. The van der Waals surface area contributed by atoms with Gasteiger partial charge in [0.1, 0.15) is 5.82 Å². The van der Waals surface area contributed by atoms with Gasteiger partial charge in [0.15, 0.2) is 0 Å². The molecule has 1 unspecified atom stereocenters. The number of rotatable bonds is 5. The first-order valence-corrected chi connectivity index (χ1v) is 7.08. The number of H-pyrrole nitrogens is 1. The molecular formula is C13H23N5O. The topological polar surface area (TPSA) is 73.9 Å². The predicted molar refractivity (Wildman–Crippen MR) is 72.9 cm³/mol. The Bertz CT molecular complexity index is 411. The Hall–Kier alpha value is -1.43.